The van der Waals surface area contributed by atoms with Crippen LogP contribution in [0, 0.1) is 0 Å². The molecule has 7 heteroatoms. The second-order valence-electron chi connectivity index (χ2n) is 3.67. The molecule has 0 heterocycles. The highest BCUT2D eigenvalue weighted by Gasteiger charge is 2.40. The van der Waals surface area contributed by atoms with Gasteiger partial charge in [-0.15, -0.1) is 0 Å². The van der Waals surface area contributed by atoms with Crippen LogP contribution in [-0.2, 0) is 4.74 Å². The molecular formula is C9H18F4N2O. The number of halogens is 4. The molecule has 1 N–H and O–H groups in total. The topological polar surface area (TPSA) is 24.5 Å². The van der Waals surface area contributed by atoms with Gasteiger partial charge in [-0.1, -0.05) is 0 Å². The molecule has 0 amide bonds. The van der Waals surface area contributed by atoms with Crippen LogP contribution in [0.4, 0.5) is 17.6 Å². The van der Waals surface area contributed by atoms with Crippen molar-refractivity contribution < 1.29 is 22.3 Å². The van der Waals surface area contributed by atoms with Crippen molar-refractivity contribution in [2.75, 3.05) is 46.9 Å². The van der Waals surface area contributed by atoms with E-state index < -0.39 is 19.0 Å². The summed E-state index contributed by atoms with van der Waals surface area (Å²) in [5.74, 6) is -4.05. The first kappa shape index (κ1) is 15.6. The number of hydrogen-bond donors (Lipinski definition) is 1. The molecule has 0 saturated heterocycles. The lowest BCUT2D eigenvalue weighted by molar-refractivity contribution is -0.165. The van der Waals surface area contributed by atoms with E-state index >= 15 is 0 Å². The van der Waals surface area contributed by atoms with Crippen LogP contribution in [0.3, 0.4) is 0 Å². The van der Waals surface area contributed by atoms with Gasteiger partial charge in [0, 0.05) is 19.6 Å². The van der Waals surface area contributed by atoms with Crippen molar-refractivity contribution >= 4 is 0 Å². The number of alkyl halides is 4. The van der Waals surface area contributed by atoms with Crippen LogP contribution in [-0.4, -0.2) is 64.2 Å². The second kappa shape index (κ2) is 7.81. The minimum absolute atomic E-state index is 0.00423. The van der Waals surface area contributed by atoms with Gasteiger partial charge >= 0.3 is 12.3 Å². The summed E-state index contributed by atoms with van der Waals surface area (Å²) >= 11 is 0. The van der Waals surface area contributed by atoms with Gasteiger partial charge in [0.05, 0.1) is 6.61 Å². The zero-order valence-electron chi connectivity index (χ0n) is 9.48. The van der Waals surface area contributed by atoms with Crippen LogP contribution >= 0.6 is 0 Å². The van der Waals surface area contributed by atoms with Crippen LogP contribution < -0.4 is 5.32 Å². The zero-order chi connectivity index (χ0) is 12.6. The number of rotatable bonds is 9. The largest absolute Gasteiger partial charge is 0.374 e. The first-order valence-electron chi connectivity index (χ1n) is 4.95. The molecule has 16 heavy (non-hydrogen) atoms. The van der Waals surface area contributed by atoms with Crippen LogP contribution in [0.1, 0.15) is 0 Å². The van der Waals surface area contributed by atoms with E-state index in [1.165, 1.54) is 0 Å². The Bertz CT molecular complexity index is 179. The van der Waals surface area contributed by atoms with Gasteiger partial charge in [-0.3, -0.25) is 0 Å². The SMILES string of the molecule is CN(C)CCNCCOCC(F)(F)C(F)F. The van der Waals surface area contributed by atoms with E-state index in [-0.39, 0.29) is 6.61 Å². The predicted octanol–water partition coefficient (Wildman–Crippen LogP) is 1.05. The van der Waals surface area contributed by atoms with Crippen molar-refractivity contribution in [1.29, 1.82) is 0 Å². The molecule has 0 aliphatic heterocycles. The van der Waals surface area contributed by atoms with Crippen molar-refractivity contribution in [3.63, 3.8) is 0 Å². The molecule has 3 nitrogen and oxygen atoms in total. The van der Waals surface area contributed by atoms with Gasteiger partial charge in [0.1, 0.15) is 6.61 Å². The molecule has 0 aromatic carbocycles. The van der Waals surface area contributed by atoms with E-state index in [4.69, 9.17) is 0 Å². The summed E-state index contributed by atoms with van der Waals surface area (Å²) in [5.41, 5.74) is 0. The van der Waals surface area contributed by atoms with Crippen molar-refractivity contribution in [3.05, 3.63) is 0 Å². The number of nitrogens with zero attached hydrogens (tertiary/aromatic N) is 1. The molecule has 0 aromatic heterocycles. The van der Waals surface area contributed by atoms with Crippen LogP contribution in [0.15, 0.2) is 0 Å². The molecule has 0 aliphatic carbocycles. The molecule has 98 valence electrons. The van der Waals surface area contributed by atoms with Crippen molar-refractivity contribution in [1.82, 2.24) is 10.2 Å². The number of ether oxygens (including phenoxy) is 1. The van der Waals surface area contributed by atoms with Crippen LogP contribution in [0.5, 0.6) is 0 Å². The zero-order valence-corrected chi connectivity index (χ0v) is 9.48. The van der Waals surface area contributed by atoms with Gasteiger partial charge in [0.15, 0.2) is 0 Å². The lowest BCUT2D eigenvalue weighted by Gasteiger charge is -2.15. The van der Waals surface area contributed by atoms with Gasteiger partial charge in [0.2, 0.25) is 0 Å². The molecule has 0 radical (unpaired) electrons. The Morgan fingerprint density at radius 1 is 1.25 bits per heavy atom. The van der Waals surface area contributed by atoms with Crippen molar-refractivity contribution in [2.24, 2.45) is 0 Å². The molecule has 0 aliphatic rings. The number of hydrogen-bond acceptors (Lipinski definition) is 3. The summed E-state index contributed by atoms with van der Waals surface area (Å²) in [6, 6.07) is 0. The van der Waals surface area contributed by atoms with Gasteiger partial charge < -0.3 is 15.0 Å². The highest BCUT2D eigenvalue weighted by atomic mass is 19.3. The normalized spacial score (nSPS) is 12.8. The van der Waals surface area contributed by atoms with E-state index in [1.54, 1.807) is 0 Å². The molecule has 0 aromatic rings. The Kier molecular flexibility index (Phi) is 7.61. The highest BCUT2D eigenvalue weighted by Crippen LogP contribution is 2.22. The van der Waals surface area contributed by atoms with Crippen LogP contribution in [0.2, 0.25) is 0 Å². The standard InChI is InChI=1S/C9H18F4N2O/c1-15(2)5-3-14-4-6-16-7-9(12,13)8(10)11/h8,14H,3-7H2,1-2H3. The molecule has 0 bridgehead atoms. The predicted molar refractivity (Wildman–Crippen MR) is 53.2 cm³/mol. The quantitative estimate of drug-likeness (QED) is 0.486. The summed E-state index contributed by atoms with van der Waals surface area (Å²) in [7, 11) is 3.81. The van der Waals surface area contributed by atoms with Gasteiger partial charge in [0.25, 0.3) is 0 Å². The Hall–Kier alpha value is -0.400. The third-order valence-electron chi connectivity index (χ3n) is 1.77. The summed E-state index contributed by atoms with van der Waals surface area (Å²) in [4.78, 5) is 1.96. The second-order valence-corrected chi connectivity index (χ2v) is 3.67. The maximum absolute atomic E-state index is 12.3. The lowest BCUT2D eigenvalue weighted by Crippen LogP contribution is -2.34. The van der Waals surface area contributed by atoms with E-state index in [0.29, 0.717) is 13.1 Å². The number of nitrogens with one attached hydrogen (secondary N) is 1. The fraction of sp³-hybridized carbons (Fsp3) is 1.00. The Morgan fingerprint density at radius 2 is 1.88 bits per heavy atom. The first-order chi connectivity index (χ1) is 7.36. The van der Waals surface area contributed by atoms with Crippen molar-refractivity contribution in [3.8, 4) is 0 Å². The molecule has 0 rings (SSSR count). The Morgan fingerprint density at radius 3 is 2.38 bits per heavy atom. The lowest BCUT2D eigenvalue weighted by atomic mass is 10.4. The van der Waals surface area contributed by atoms with Gasteiger partial charge in [-0.25, -0.2) is 8.78 Å². The Labute approximate surface area is 92.7 Å². The third-order valence-corrected chi connectivity index (χ3v) is 1.77. The molecule has 0 unspecified atom stereocenters. The summed E-state index contributed by atoms with van der Waals surface area (Å²) in [6.45, 7) is 0.637. The third kappa shape index (κ3) is 7.84. The van der Waals surface area contributed by atoms with E-state index in [2.05, 4.69) is 10.1 Å². The summed E-state index contributed by atoms with van der Waals surface area (Å²) < 4.78 is 52.5. The number of likely N-dealkylation sites (N-methyl/N-ethyl adjacent to an activating group) is 1. The maximum atomic E-state index is 12.3. The van der Waals surface area contributed by atoms with E-state index in [0.717, 1.165) is 6.54 Å². The Balaban J connectivity index is 3.34. The van der Waals surface area contributed by atoms with E-state index in [1.807, 2.05) is 19.0 Å². The fourth-order valence-electron chi connectivity index (χ4n) is 0.843. The average molecular weight is 246 g/mol. The van der Waals surface area contributed by atoms with Crippen molar-refractivity contribution in [2.45, 2.75) is 12.3 Å². The summed E-state index contributed by atoms with van der Waals surface area (Å²) in [6.07, 6.45) is -3.67. The first-order valence-corrected chi connectivity index (χ1v) is 4.95. The minimum Gasteiger partial charge on any atom is -0.374 e. The fourth-order valence-corrected chi connectivity index (χ4v) is 0.843. The van der Waals surface area contributed by atoms with E-state index in [9.17, 15) is 17.6 Å². The average Bonchev–Trinajstić information content (AvgIpc) is 2.15. The van der Waals surface area contributed by atoms with Gasteiger partial charge in [-0.05, 0) is 14.1 Å². The van der Waals surface area contributed by atoms with Gasteiger partial charge in [-0.2, -0.15) is 8.78 Å². The molecule has 0 spiro atoms. The minimum atomic E-state index is -4.05. The maximum Gasteiger partial charge on any atom is 0.330 e. The summed E-state index contributed by atoms with van der Waals surface area (Å²) in [5, 5.41) is 2.93. The smallest absolute Gasteiger partial charge is 0.330 e. The highest BCUT2D eigenvalue weighted by molar-refractivity contribution is 4.67. The molecule has 0 fully saturated rings. The van der Waals surface area contributed by atoms with Crippen LogP contribution in [0.25, 0.3) is 0 Å². The molecule has 0 saturated carbocycles. The monoisotopic (exact) mass is 246 g/mol. The molecular weight excluding hydrogens is 228 g/mol. The molecule has 0 atom stereocenters.